The summed E-state index contributed by atoms with van der Waals surface area (Å²) in [6.07, 6.45) is 16.0. The molecule has 0 fully saturated rings. The number of aromatic nitrogens is 1. The average Bonchev–Trinajstić information content (AvgIpc) is 2.64. The fraction of sp³-hybridized carbons (Fsp3) is 0.409. The van der Waals surface area contributed by atoms with Crippen molar-refractivity contribution in [2.45, 2.75) is 45.4 Å². The Kier molecular flexibility index (Phi) is 8.09. The first-order valence-electron chi connectivity index (χ1n) is 9.19. The average molecular weight is 322 g/mol. The van der Waals surface area contributed by atoms with E-state index in [4.69, 9.17) is 0 Å². The summed E-state index contributed by atoms with van der Waals surface area (Å²) in [6, 6.07) is 12.8. The molecule has 0 aliphatic carbocycles. The molecule has 2 heteroatoms. The van der Waals surface area contributed by atoms with Gasteiger partial charge in [0.1, 0.15) is 0 Å². The van der Waals surface area contributed by atoms with Crippen molar-refractivity contribution in [2.75, 3.05) is 18.5 Å². The summed E-state index contributed by atoms with van der Waals surface area (Å²) in [5.41, 5.74) is 3.70. The maximum absolute atomic E-state index is 4.04. The highest BCUT2D eigenvalue weighted by atomic mass is 15.1. The van der Waals surface area contributed by atoms with Crippen LogP contribution in [0.25, 0.3) is 12.2 Å². The molecule has 0 radical (unpaired) electrons. The van der Waals surface area contributed by atoms with Gasteiger partial charge in [-0.1, -0.05) is 63.3 Å². The standard InChI is InChI=1S/C22H30N2/c1-3-4-5-6-7-8-19-24(2)22-13-11-20(12-14-22)9-10-21-15-17-23-18-16-21/h9-18H,3-8,19H2,1-2H3. The van der Waals surface area contributed by atoms with Crippen LogP contribution in [0.3, 0.4) is 0 Å². The van der Waals surface area contributed by atoms with Crippen molar-refractivity contribution < 1.29 is 0 Å². The minimum atomic E-state index is 1.14. The van der Waals surface area contributed by atoms with Gasteiger partial charge in [-0.25, -0.2) is 0 Å². The van der Waals surface area contributed by atoms with Gasteiger partial charge in [-0.2, -0.15) is 0 Å². The Morgan fingerprint density at radius 2 is 1.38 bits per heavy atom. The molecule has 0 bridgehead atoms. The zero-order chi connectivity index (χ0) is 17.0. The summed E-state index contributed by atoms with van der Waals surface area (Å²) in [4.78, 5) is 6.39. The Labute approximate surface area is 147 Å². The highest BCUT2D eigenvalue weighted by Gasteiger charge is 2.00. The van der Waals surface area contributed by atoms with Crippen molar-refractivity contribution in [3.8, 4) is 0 Å². The largest absolute Gasteiger partial charge is 0.375 e. The van der Waals surface area contributed by atoms with Gasteiger partial charge in [-0.05, 0) is 41.8 Å². The minimum Gasteiger partial charge on any atom is -0.375 e. The molecule has 24 heavy (non-hydrogen) atoms. The molecule has 0 aliphatic heterocycles. The summed E-state index contributed by atoms with van der Waals surface area (Å²) < 4.78 is 0. The van der Waals surface area contributed by atoms with Crippen LogP contribution in [0, 0.1) is 0 Å². The fourth-order valence-corrected chi connectivity index (χ4v) is 2.77. The molecule has 0 unspecified atom stereocenters. The second-order valence-electron chi connectivity index (χ2n) is 6.39. The lowest BCUT2D eigenvalue weighted by Gasteiger charge is -2.19. The summed E-state index contributed by atoms with van der Waals surface area (Å²) in [7, 11) is 2.19. The molecule has 128 valence electrons. The third-order valence-electron chi connectivity index (χ3n) is 4.36. The first-order chi connectivity index (χ1) is 11.8. The summed E-state index contributed by atoms with van der Waals surface area (Å²) in [5, 5.41) is 0. The van der Waals surface area contributed by atoms with Gasteiger partial charge in [0.05, 0.1) is 0 Å². The molecule has 2 rings (SSSR count). The summed E-state index contributed by atoms with van der Waals surface area (Å²) >= 11 is 0. The van der Waals surface area contributed by atoms with E-state index in [2.05, 4.69) is 60.3 Å². The smallest absolute Gasteiger partial charge is 0.0364 e. The fourth-order valence-electron chi connectivity index (χ4n) is 2.77. The van der Waals surface area contributed by atoms with E-state index in [1.165, 1.54) is 55.3 Å². The van der Waals surface area contributed by atoms with Gasteiger partial charge in [0.25, 0.3) is 0 Å². The Morgan fingerprint density at radius 1 is 0.792 bits per heavy atom. The maximum atomic E-state index is 4.04. The molecule has 1 heterocycles. The maximum Gasteiger partial charge on any atom is 0.0364 e. The molecule has 0 amide bonds. The molecular formula is C22H30N2. The molecule has 2 nitrogen and oxygen atoms in total. The molecule has 0 atom stereocenters. The van der Waals surface area contributed by atoms with Gasteiger partial charge < -0.3 is 4.90 Å². The van der Waals surface area contributed by atoms with Crippen molar-refractivity contribution in [2.24, 2.45) is 0 Å². The molecule has 0 spiro atoms. The van der Waals surface area contributed by atoms with Crippen molar-refractivity contribution in [3.05, 3.63) is 59.9 Å². The summed E-state index contributed by atoms with van der Waals surface area (Å²) in [6.45, 7) is 3.40. The zero-order valence-corrected chi connectivity index (χ0v) is 15.1. The Hall–Kier alpha value is -2.09. The molecule has 0 saturated heterocycles. The van der Waals surface area contributed by atoms with Crippen molar-refractivity contribution in [3.63, 3.8) is 0 Å². The predicted molar refractivity (Wildman–Crippen MR) is 106 cm³/mol. The minimum absolute atomic E-state index is 1.14. The molecule has 2 aromatic rings. The van der Waals surface area contributed by atoms with E-state index in [9.17, 15) is 0 Å². The molecule has 1 aromatic carbocycles. The van der Waals surface area contributed by atoms with Crippen LogP contribution in [0.2, 0.25) is 0 Å². The number of nitrogens with zero attached hydrogens (tertiary/aromatic N) is 2. The van der Waals surface area contributed by atoms with Crippen molar-refractivity contribution >= 4 is 17.8 Å². The van der Waals surface area contributed by atoms with Crippen LogP contribution < -0.4 is 4.90 Å². The van der Waals surface area contributed by atoms with Gasteiger partial charge in [-0.3, -0.25) is 4.98 Å². The van der Waals surface area contributed by atoms with Crippen LogP contribution in [0.4, 0.5) is 5.69 Å². The van der Waals surface area contributed by atoms with Crippen LogP contribution in [0.1, 0.15) is 56.6 Å². The summed E-state index contributed by atoms with van der Waals surface area (Å²) in [5.74, 6) is 0. The van der Waals surface area contributed by atoms with Gasteiger partial charge in [0.15, 0.2) is 0 Å². The van der Waals surface area contributed by atoms with E-state index in [0.717, 1.165) is 6.54 Å². The molecule has 1 aromatic heterocycles. The predicted octanol–water partition coefficient (Wildman–Crippen LogP) is 6.05. The Balaban J connectivity index is 1.77. The van der Waals surface area contributed by atoms with E-state index in [1.54, 1.807) is 0 Å². The van der Waals surface area contributed by atoms with E-state index in [0.29, 0.717) is 0 Å². The number of benzene rings is 1. The molecule has 0 N–H and O–H groups in total. The highest BCUT2D eigenvalue weighted by molar-refractivity contribution is 5.70. The number of hydrogen-bond acceptors (Lipinski definition) is 2. The lowest BCUT2D eigenvalue weighted by Crippen LogP contribution is -2.18. The lowest BCUT2D eigenvalue weighted by molar-refractivity contribution is 0.606. The normalized spacial score (nSPS) is 11.1. The number of unbranched alkanes of at least 4 members (excludes halogenated alkanes) is 5. The molecular weight excluding hydrogens is 292 g/mol. The lowest BCUT2D eigenvalue weighted by atomic mass is 10.1. The van der Waals surface area contributed by atoms with E-state index in [-0.39, 0.29) is 0 Å². The van der Waals surface area contributed by atoms with Gasteiger partial charge in [0.2, 0.25) is 0 Å². The van der Waals surface area contributed by atoms with Crippen LogP contribution in [-0.4, -0.2) is 18.6 Å². The van der Waals surface area contributed by atoms with E-state index < -0.39 is 0 Å². The monoisotopic (exact) mass is 322 g/mol. The van der Waals surface area contributed by atoms with Crippen molar-refractivity contribution in [1.82, 2.24) is 4.98 Å². The van der Waals surface area contributed by atoms with E-state index >= 15 is 0 Å². The number of hydrogen-bond donors (Lipinski definition) is 0. The van der Waals surface area contributed by atoms with Crippen LogP contribution in [-0.2, 0) is 0 Å². The van der Waals surface area contributed by atoms with Crippen molar-refractivity contribution in [1.29, 1.82) is 0 Å². The first-order valence-corrected chi connectivity index (χ1v) is 9.19. The van der Waals surface area contributed by atoms with Gasteiger partial charge in [-0.15, -0.1) is 0 Å². The molecule has 0 aliphatic rings. The van der Waals surface area contributed by atoms with Gasteiger partial charge in [0, 0.05) is 31.7 Å². The van der Waals surface area contributed by atoms with Crippen LogP contribution in [0.15, 0.2) is 48.8 Å². The Morgan fingerprint density at radius 3 is 2.04 bits per heavy atom. The second-order valence-corrected chi connectivity index (χ2v) is 6.39. The first kappa shape index (κ1) is 18.3. The van der Waals surface area contributed by atoms with E-state index in [1.807, 2.05) is 24.5 Å². The number of pyridine rings is 1. The Bertz CT molecular complexity index is 587. The second kappa shape index (κ2) is 10.6. The van der Waals surface area contributed by atoms with Gasteiger partial charge >= 0.3 is 0 Å². The quantitative estimate of drug-likeness (QED) is 0.495. The molecule has 0 saturated carbocycles. The van der Waals surface area contributed by atoms with Crippen LogP contribution in [0.5, 0.6) is 0 Å². The highest BCUT2D eigenvalue weighted by Crippen LogP contribution is 2.16. The number of rotatable bonds is 10. The number of anilines is 1. The zero-order valence-electron chi connectivity index (χ0n) is 15.1. The third-order valence-corrected chi connectivity index (χ3v) is 4.36. The SMILES string of the molecule is CCCCCCCCN(C)c1ccc(C=Cc2ccncc2)cc1. The topological polar surface area (TPSA) is 16.1 Å². The van der Waals surface area contributed by atoms with Crippen LogP contribution >= 0.6 is 0 Å². The third kappa shape index (κ3) is 6.57.